The summed E-state index contributed by atoms with van der Waals surface area (Å²) in [6.07, 6.45) is -3.70. The van der Waals surface area contributed by atoms with E-state index in [0.29, 0.717) is 49.0 Å². The number of amides is 1. The number of nitrogens with zero attached hydrogens (tertiary/aromatic N) is 4. The molecule has 3 aromatic carbocycles. The molecule has 1 fully saturated rings. The lowest BCUT2D eigenvalue weighted by atomic mass is 9.95. The van der Waals surface area contributed by atoms with Gasteiger partial charge in [-0.3, -0.25) is 9.69 Å². The first kappa shape index (κ1) is 31.3. The highest BCUT2D eigenvalue weighted by Crippen LogP contribution is 2.47. The Morgan fingerprint density at radius 1 is 0.870 bits per heavy atom. The highest BCUT2D eigenvalue weighted by molar-refractivity contribution is 5.99. The summed E-state index contributed by atoms with van der Waals surface area (Å²) in [6, 6.07) is 20.9. The summed E-state index contributed by atoms with van der Waals surface area (Å²) < 4.78 is 60.4. The minimum absolute atomic E-state index is 0.0111. The molecule has 1 saturated heterocycles. The van der Waals surface area contributed by atoms with Gasteiger partial charge in [0.25, 0.3) is 5.91 Å². The third kappa shape index (κ3) is 5.96. The molecule has 6 rings (SSSR count). The molecule has 0 aliphatic carbocycles. The van der Waals surface area contributed by atoms with Gasteiger partial charge in [-0.1, -0.05) is 60.7 Å². The number of carbonyl (C=O) groups is 1. The number of alkyl halides is 3. The molecule has 3 heterocycles. The average Bonchev–Trinajstić information content (AvgIpc) is 3.51. The number of fused-ring (bicyclic) bond motifs is 1. The van der Waals surface area contributed by atoms with Gasteiger partial charge in [-0.05, 0) is 28.8 Å². The molecule has 9 nitrogen and oxygen atoms in total. The Hall–Kier alpha value is -4.71. The van der Waals surface area contributed by atoms with Crippen molar-refractivity contribution in [2.24, 2.45) is 0 Å². The standard InChI is InChI=1S/C34H36F3N5O4/c1-44-27-18-24(19-28(45-2)31(27)46-3)26-20-29(34(35,36)37)42-32(39-26)25(21-38-42)33(43)41-16-14-40(15-17-41)30(22-10-6-4-7-11-22)23-12-8-5-9-13-23/h4-13,18-19,21,26,29-30,39H,14-17,20H2,1-3H3/t26-,29+/m0/s1. The van der Waals surface area contributed by atoms with E-state index in [1.54, 1.807) is 17.0 Å². The number of nitrogens with one attached hydrogen (secondary N) is 1. The zero-order valence-electron chi connectivity index (χ0n) is 25.8. The van der Waals surface area contributed by atoms with Crippen molar-refractivity contribution in [3.63, 3.8) is 0 Å². The number of methoxy groups -OCH3 is 3. The Balaban J connectivity index is 1.26. The summed E-state index contributed by atoms with van der Waals surface area (Å²) >= 11 is 0. The molecule has 2 aliphatic rings. The Kier molecular flexibility index (Phi) is 8.81. The van der Waals surface area contributed by atoms with Crippen LogP contribution in [-0.4, -0.2) is 79.2 Å². The van der Waals surface area contributed by atoms with E-state index in [1.807, 2.05) is 36.4 Å². The van der Waals surface area contributed by atoms with Crippen molar-refractivity contribution in [1.29, 1.82) is 0 Å². The molecule has 0 unspecified atom stereocenters. The molecule has 0 bridgehead atoms. The van der Waals surface area contributed by atoms with Crippen LogP contribution in [0.4, 0.5) is 19.0 Å². The Labute approximate surface area is 265 Å². The number of piperazine rings is 1. The van der Waals surface area contributed by atoms with Crippen LogP contribution in [0.15, 0.2) is 79.0 Å². The summed E-state index contributed by atoms with van der Waals surface area (Å²) in [5, 5.41) is 7.26. The van der Waals surface area contributed by atoms with Crippen molar-refractivity contribution in [1.82, 2.24) is 19.6 Å². The summed E-state index contributed by atoms with van der Waals surface area (Å²) in [5.41, 5.74) is 2.90. The molecule has 0 saturated carbocycles. The maximum absolute atomic E-state index is 14.4. The van der Waals surface area contributed by atoms with Crippen LogP contribution in [0, 0.1) is 0 Å². The maximum Gasteiger partial charge on any atom is 0.410 e. The number of carbonyl (C=O) groups excluding carboxylic acids is 1. The fourth-order valence-electron chi connectivity index (χ4n) is 6.48. The lowest BCUT2D eigenvalue weighted by molar-refractivity contribution is -0.173. The van der Waals surface area contributed by atoms with Crippen molar-refractivity contribution in [2.45, 2.75) is 30.7 Å². The number of anilines is 1. The average molecular weight is 636 g/mol. The largest absolute Gasteiger partial charge is 0.493 e. The van der Waals surface area contributed by atoms with E-state index in [0.717, 1.165) is 15.8 Å². The summed E-state index contributed by atoms with van der Waals surface area (Å²) in [4.78, 5) is 17.9. The van der Waals surface area contributed by atoms with Crippen LogP contribution in [0.3, 0.4) is 0 Å². The fourth-order valence-corrected chi connectivity index (χ4v) is 6.48. The number of benzene rings is 3. The Morgan fingerprint density at radius 3 is 1.93 bits per heavy atom. The van der Waals surface area contributed by atoms with Gasteiger partial charge in [0.2, 0.25) is 5.75 Å². The second-order valence-electron chi connectivity index (χ2n) is 11.4. The van der Waals surface area contributed by atoms with Crippen LogP contribution in [0.5, 0.6) is 17.2 Å². The van der Waals surface area contributed by atoms with E-state index in [1.165, 1.54) is 27.5 Å². The molecule has 1 aromatic heterocycles. The molecular weight excluding hydrogens is 599 g/mol. The lowest BCUT2D eigenvalue weighted by Gasteiger charge is -2.40. The molecule has 242 valence electrons. The van der Waals surface area contributed by atoms with Gasteiger partial charge in [0.15, 0.2) is 17.5 Å². The van der Waals surface area contributed by atoms with E-state index >= 15 is 0 Å². The van der Waals surface area contributed by atoms with E-state index in [4.69, 9.17) is 14.2 Å². The molecule has 0 spiro atoms. The van der Waals surface area contributed by atoms with Crippen molar-refractivity contribution < 1.29 is 32.2 Å². The minimum Gasteiger partial charge on any atom is -0.493 e. The molecule has 46 heavy (non-hydrogen) atoms. The molecule has 1 amide bonds. The van der Waals surface area contributed by atoms with Gasteiger partial charge in [-0.2, -0.15) is 18.3 Å². The number of halogens is 3. The van der Waals surface area contributed by atoms with E-state index in [2.05, 4.69) is 39.6 Å². The molecule has 12 heteroatoms. The molecule has 2 aliphatic heterocycles. The van der Waals surface area contributed by atoms with Gasteiger partial charge >= 0.3 is 6.18 Å². The third-order valence-electron chi connectivity index (χ3n) is 8.76. The van der Waals surface area contributed by atoms with Crippen LogP contribution in [-0.2, 0) is 0 Å². The van der Waals surface area contributed by atoms with Crippen LogP contribution >= 0.6 is 0 Å². The number of aromatic nitrogens is 2. The third-order valence-corrected chi connectivity index (χ3v) is 8.76. The van der Waals surface area contributed by atoms with Crippen LogP contribution in [0.25, 0.3) is 0 Å². The van der Waals surface area contributed by atoms with Gasteiger partial charge < -0.3 is 24.4 Å². The lowest BCUT2D eigenvalue weighted by Crippen LogP contribution is -2.50. The van der Waals surface area contributed by atoms with Gasteiger partial charge in [-0.15, -0.1) is 0 Å². The number of ether oxygens (including phenoxy) is 3. The second-order valence-corrected chi connectivity index (χ2v) is 11.4. The van der Waals surface area contributed by atoms with Crippen LogP contribution < -0.4 is 19.5 Å². The van der Waals surface area contributed by atoms with E-state index in [-0.39, 0.29) is 29.8 Å². The molecular formula is C34H36F3N5O4. The topological polar surface area (TPSA) is 81.1 Å². The highest BCUT2D eigenvalue weighted by atomic mass is 19.4. The predicted octanol–water partition coefficient (Wildman–Crippen LogP) is 6.12. The summed E-state index contributed by atoms with van der Waals surface area (Å²) in [5.74, 6) is 0.639. The zero-order valence-corrected chi connectivity index (χ0v) is 25.8. The van der Waals surface area contributed by atoms with E-state index in [9.17, 15) is 18.0 Å². The van der Waals surface area contributed by atoms with E-state index < -0.39 is 18.3 Å². The minimum atomic E-state index is -4.60. The predicted molar refractivity (Wildman–Crippen MR) is 167 cm³/mol. The van der Waals surface area contributed by atoms with Gasteiger partial charge in [0.1, 0.15) is 11.4 Å². The molecule has 2 atom stereocenters. The van der Waals surface area contributed by atoms with Gasteiger partial charge in [0.05, 0.1) is 39.6 Å². The zero-order chi connectivity index (χ0) is 32.4. The first-order chi connectivity index (χ1) is 22.2. The molecule has 1 N–H and O–H groups in total. The second kappa shape index (κ2) is 13.0. The van der Waals surface area contributed by atoms with Crippen molar-refractivity contribution in [3.05, 3.63) is 101 Å². The quantitative estimate of drug-likeness (QED) is 0.250. The maximum atomic E-state index is 14.4. The van der Waals surface area contributed by atoms with Crippen molar-refractivity contribution in [2.75, 3.05) is 52.8 Å². The van der Waals surface area contributed by atoms with Crippen LogP contribution in [0.2, 0.25) is 0 Å². The fraction of sp³-hybridized carbons (Fsp3) is 0.353. The van der Waals surface area contributed by atoms with Gasteiger partial charge in [-0.25, -0.2) is 4.68 Å². The van der Waals surface area contributed by atoms with Crippen molar-refractivity contribution >= 4 is 11.7 Å². The van der Waals surface area contributed by atoms with Gasteiger partial charge in [0, 0.05) is 32.6 Å². The number of rotatable bonds is 8. The molecule has 0 radical (unpaired) electrons. The monoisotopic (exact) mass is 635 g/mol. The number of hydrogen-bond donors (Lipinski definition) is 1. The normalized spacial score (nSPS) is 18.5. The highest BCUT2D eigenvalue weighted by Gasteiger charge is 2.48. The van der Waals surface area contributed by atoms with Crippen molar-refractivity contribution in [3.8, 4) is 17.2 Å². The summed E-state index contributed by atoms with van der Waals surface area (Å²) in [6.45, 7) is 2.02. The first-order valence-corrected chi connectivity index (χ1v) is 15.1. The Bertz CT molecular complexity index is 1590. The number of hydrogen-bond acceptors (Lipinski definition) is 7. The molecule has 4 aromatic rings. The Morgan fingerprint density at radius 2 is 1.43 bits per heavy atom. The smallest absolute Gasteiger partial charge is 0.410 e. The van der Waals surface area contributed by atoms with Crippen LogP contribution in [0.1, 0.15) is 51.6 Å². The SMILES string of the molecule is COc1cc([C@@H]2C[C@H](C(F)(F)F)n3ncc(C(=O)N4CCN(C(c5ccccc5)c5ccccc5)CC4)c3N2)cc(OC)c1OC. The first-order valence-electron chi connectivity index (χ1n) is 15.1. The summed E-state index contributed by atoms with van der Waals surface area (Å²) in [7, 11) is 4.35.